The van der Waals surface area contributed by atoms with Gasteiger partial charge in [-0.05, 0) is 27.2 Å². The van der Waals surface area contributed by atoms with E-state index in [1.807, 2.05) is 0 Å². The summed E-state index contributed by atoms with van der Waals surface area (Å²) in [6, 6.07) is 0. The fourth-order valence-corrected chi connectivity index (χ4v) is 0.890. The Kier molecular flexibility index (Phi) is 6.32. The molecule has 19 heavy (non-hydrogen) atoms. The molecular formula is C12H19F3O4. The second-order valence-corrected chi connectivity index (χ2v) is 4.80. The quantitative estimate of drug-likeness (QED) is 0.704. The standard InChI is InChI=1S/C12H19F3O4/c1-5-11(3,4)10(17)18-7-6-9(16)19-8(2)12(13,14)15/h8H,5-7H2,1-4H3. The van der Waals surface area contributed by atoms with Crippen molar-refractivity contribution in [1.82, 2.24) is 0 Å². The van der Waals surface area contributed by atoms with Crippen molar-refractivity contribution < 1.29 is 32.2 Å². The summed E-state index contributed by atoms with van der Waals surface area (Å²) < 4.78 is 45.3. The molecule has 1 unspecified atom stereocenters. The lowest BCUT2D eigenvalue weighted by Crippen LogP contribution is -2.31. The van der Waals surface area contributed by atoms with Crippen LogP contribution in [0.25, 0.3) is 0 Å². The predicted octanol–water partition coefficient (Wildman–Crippen LogP) is 2.85. The van der Waals surface area contributed by atoms with Gasteiger partial charge in [-0.15, -0.1) is 0 Å². The molecule has 0 aromatic rings. The number of hydrogen-bond acceptors (Lipinski definition) is 4. The van der Waals surface area contributed by atoms with Gasteiger partial charge in [0.15, 0.2) is 6.10 Å². The first kappa shape index (κ1) is 17.7. The molecule has 0 amide bonds. The van der Waals surface area contributed by atoms with E-state index in [0.717, 1.165) is 6.92 Å². The van der Waals surface area contributed by atoms with Crippen molar-refractivity contribution in [2.45, 2.75) is 52.8 Å². The van der Waals surface area contributed by atoms with Crippen LogP contribution in [-0.4, -0.2) is 30.8 Å². The van der Waals surface area contributed by atoms with Crippen LogP contribution < -0.4 is 0 Å². The third-order valence-corrected chi connectivity index (χ3v) is 2.74. The van der Waals surface area contributed by atoms with Crippen LogP contribution in [0.1, 0.15) is 40.5 Å². The Morgan fingerprint density at radius 3 is 2.16 bits per heavy atom. The van der Waals surface area contributed by atoms with Gasteiger partial charge in [0.2, 0.25) is 0 Å². The van der Waals surface area contributed by atoms with Crippen molar-refractivity contribution in [3.63, 3.8) is 0 Å². The van der Waals surface area contributed by atoms with E-state index < -0.39 is 36.1 Å². The van der Waals surface area contributed by atoms with Gasteiger partial charge >= 0.3 is 18.1 Å². The fraction of sp³-hybridized carbons (Fsp3) is 0.833. The van der Waals surface area contributed by atoms with Crippen molar-refractivity contribution in [3.05, 3.63) is 0 Å². The highest BCUT2D eigenvalue weighted by Gasteiger charge is 2.39. The summed E-state index contributed by atoms with van der Waals surface area (Å²) in [6.45, 7) is 5.62. The van der Waals surface area contributed by atoms with Crippen molar-refractivity contribution in [2.75, 3.05) is 6.61 Å². The number of alkyl halides is 3. The van der Waals surface area contributed by atoms with E-state index in [2.05, 4.69) is 4.74 Å². The van der Waals surface area contributed by atoms with E-state index in [9.17, 15) is 22.8 Å². The molecule has 0 spiro atoms. The Labute approximate surface area is 110 Å². The van der Waals surface area contributed by atoms with Gasteiger partial charge in [0.1, 0.15) is 6.61 Å². The second kappa shape index (κ2) is 6.77. The maximum atomic E-state index is 12.1. The van der Waals surface area contributed by atoms with E-state index >= 15 is 0 Å². The van der Waals surface area contributed by atoms with Gasteiger partial charge in [-0.2, -0.15) is 13.2 Å². The van der Waals surface area contributed by atoms with Gasteiger partial charge in [-0.25, -0.2) is 0 Å². The smallest absolute Gasteiger partial charge is 0.425 e. The number of carbonyl (C=O) groups excluding carboxylic acids is 2. The molecule has 7 heteroatoms. The van der Waals surface area contributed by atoms with Gasteiger partial charge in [0.05, 0.1) is 11.8 Å². The van der Waals surface area contributed by atoms with E-state index in [1.165, 1.54) is 0 Å². The Bertz CT molecular complexity index is 323. The van der Waals surface area contributed by atoms with E-state index in [4.69, 9.17) is 4.74 Å². The minimum absolute atomic E-state index is 0.286. The lowest BCUT2D eigenvalue weighted by molar-refractivity contribution is -0.216. The fourth-order valence-electron chi connectivity index (χ4n) is 0.890. The molecule has 0 N–H and O–H groups in total. The van der Waals surface area contributed by atoms with Crippen LogP contribution in [0.3, 0.4) is 0 Å². The molecule has 0 saturated heterocycles. The van der Waals surface area contributed by atoms with E-state index in [-0.39, 0.29) is 6.61 Å². The first-order valence-corrected chi connectivity index (χ1v) is 5.94. The second-order valence-electron chi connectivity index (χ2n) is 4.80. The lowest BCUT2D eigenvalue weighted by Gasteiger charge is -2.20. The average molecular weight is 284 g/mol. The van der Waals surface area contributed by atoms with Crippen LogP contribution in [0.15, 0.2) is 0 Å². The molecule has 0 saturated carbocycles. The highest BCUT2D eigenvalue weighted by Crippen LogP contribution is 2.23. The molecule has 1 atom stereocenters. The molecule has 0 heterocycles. The van der Waals surface area contributed by atoms with E-state index in [0.29, 0.717) is 6.42 Å². The molecule has 0 fully saturated rings. The minimum Gasteiger partial charge on any atom is -0.465 e. The number of carbonyl (C=O) groups is 2. The monoisotopic (exact) mass is 284 g/mol. The zero-order valence-electron chi connectivity index (χ0n) is 11.5. The summed E-state index contributed by atoms with van der Waals surface area (Å²) in [5, 5.41) is 0. The zero-order valence-corrected chi connectivity index (χ0v) is 11.5. The molecule has 4 nitrogen and oxygen atoms in total. The first-order chi connectivity index (χ1) is 8.50. The third-order valence-electron chi connectivity index (χ3n) is 2.74. The highest BCUT2D eigenvalue weighted by molar-refractivity contribution is 5.76. The third kappa shape index (κ3) is 6.45. The molecule has 112 valence electrons. The number of rotatable bonds is 6. The molecule has 0 aromatic carbocycles. The van der Waals surface area contributed by atoms with Gasteiger partial charge < -0.3 is 9.47 Å². The number of ether oxygens (including phenoxy) is 2. The summed E-state index contributed by atoms with van der Waals surface area (Å²) in [7, 11) is 0. The number of hydrogen-bond donors (Lipinski definition) is 0. The predicted molar refractivity (Wildman–Crippen MR) is 61.3 cm³/mol. The molecule has 0 aliphatic heterocycles. The normalized spacial score (nSPS) is 13.8. The van der Waals surface area contributed by atoms with Gasteiger partial charge in [0, 0.05) is 0 Å². The maximum absolute atomic E-state index is 12.1. The summed E-state index contributed by atoms with van der Waals surface area (Å²) >= 11 is 0. The Morgan fingerprint density at radius 1 is 1.21 bits per heavy atom. The number of esters is 2. The van der Waals surface area contributed by atoms with Crippen LogP contribution in [-0.2, 0) is 19.1 Å². The van der Waals surface area contributed by atoms with Crippen LogP contribution in [0.2, 0.25) is 0 Å². The average Bonchev–Trinajstić information content (AvgIpc) is 2.27. The SMILES string of the molecule is CCC(C)(C)C(=O)OCCC(=O)OC(C)C(F)(F)F. The summed E-state index contributed by atoms with van der Waals surface area (Å²) in [5.41, 5.74) is -0.677. The van der Waals surface area contributed by atoms with Crippen molar-refractivity contribution in [2.24, 2.45) is 5.41 Å². The molecule has 0 aliphatic rings. The topological polar surface area (TPSA) is 52.6 Å². The molecule has 0 aromatic heterocycles. The highest BCUT2D eigenvalue weighted by atomic mass is 19.4. The Hall–Kier alpha value is -1.27. The van der Waals surface area contributed by atoms with Crippen LogP contribution in [0, 0.1) is 5.41 Å². The van der Waals surface area contributed by atoms with Gasteiger partial charge in [-0.1, -0.05) is 6.92 Å². The molecule has 0 bridgehead atoms. The van der Waals surface area contributed by atoms with Crippen LogP contribution in [0.4, 0.5) is 13.2 Å². The maximum Gasteiger partial charge on any atom is 0.425 e. The van der Waals surface area contributed by atoms with Gasteiger partial charge in [0.25, 0.3) is 0 Å². The van der Waals surface area contributed by atoms with Crippen molar-refractivity contribution in [3.8, 4) is 0 Å². The zero-order chi connectivity index (χ0) is 15.3. The van der Waals surface area contributed by atoms with Crippen molar-refractivity contribution in [1.29, 1.82) is 0 Å². The summed E-state index contributed by atoms with van der Waals surface area (Å²) in [5.74, 6) is -1.54. The Morgan fingerprint density at radius 2 is 1.74 bits per heavy atom. The largest absolute Gasteiger partial charge is 0.465 e. The summed E-state index contributed by atoms with van der Waals surface area (Å²) in [6.07, 6.45) is -6.59. The lowest BCUT2D eigenvalue weighted by atomic mass is 9.91. The molecular weight excluding hydrogens is 265 g/mol. The van der Waals surface area contributed by atoms with Crippen molar-refractivity contribution >= 4 is 11.9 Å². The molecule has 0 aliphatic carbocycles. The van der Waals surface area contributed by atoms with Crippen LogP contribution in [0.5, 0.6) is 0 Å². The first-order valence-electron chi connectivity index (χ1n) is 5.94. The van der Waals surface area contributed by atoms with Gasteiger partial charge in [-0.3, -0.25) is 9.59 Å². The summed E-state index contributed by atoms with van der Waals surface area (Å²) in [4.78, 5) is 22.6. The molecule has 0 rings (SSSR count). The number of halogens is 3. The minimum atomic E-state index is -4.59. The van der Waals surface area contributed by atoms with E-state index in [1.54, 1.807) is 20.8 Å². The van der Waals surface area contributed by atoms with Crippen LogP contribution >= 0.6 is 0 Å². The Balaban J connectivity index is 4.04. The molecule has 0 radical (unpaired) electrons.